The van der Waals surface area contributed by atoms with Crippen LogP contribution >= 0.6 is 0 Å². The highest BCUT2D eigenvalue weighted by atomic mass is 19.4. The number of aromatic nitrogens is 3. The first-order valence-corrected chi connectivity index (χ1v) is 9.45. The van der Waals surface area contributed by atoms with Crippen molar-refractivity contribution < 1.29 is 33.0 Å². The van der Waals surface area contributed by atoms with E-state index in [-0.39, 0.29) is 11.5 Å². The number of alkyl halides is 3. The fourth-order valence-electron chi connectivity index (χ4n) is 3.61. The Morgan fingerprint density at radius 2 is 1.88 bits per heavy atom. The molecule has 1 aliphatic heterocycles. The van der Waals surface area contributed by atoms with E-state index in [4.69, 9.17) is 0 Å². The van der Waals surface area contributed by atoms with Gasteiger partial charge in [-0.3, -0.25) is 19.4 Å². The summed E-state index contributed by atoms with van der Waals surface area (Å²) < 4.78 is 41.5. The molecule has 2 amide bonds. The summed E-state index contributed by atoms with van der Waals surface area (Å²) in [5.74, 6) is -2.32. The molecule has 0 bridgehead atoms. The molecule has 0 aliphatic carbocycles. The number of carbonyl (C=O) groups is 2. The molecule has 0 spiro atoms. The van der Waals surface area contributed by atoms with E-state index in [1.54, 1.807) is 28.9 Å². The molecule has 168 valence electrons. The van der Waals surface area contributed by atoms with E-state index < -0.39 is 47.6 Å². The first kappa shape index (κ1) is 21.7. The van der Waals surface area contributed by atoms with Gasteiger partial charge in [0.05, 0.1) is 5.56 Å². The number of likely N-dealkylation sites (N-methyl/N-ethyl adjacent to an activating group) is 1. The van der Waals surface area contributed by atoms with Crippen LogP contribution in [0.3, 0.4) is 0 Å². The average Bonchev–Trinajstić information content (AvgIpc) is 3.29. The van der Waals surface area contributed by atoms with Gasteiger partial charge in [0, 0.05) is 25.1 Å². The van der Waals surface area contributed by atoms with Crippen molar-refractivity contribution >= 4 is 29.1 Å². The van der Waals surface area contributed by atoms with E-state index in [0.29, 0.717) is 16.6 Å². The minimum absolute atomic E-state index is 0.0570. The summed E-state index contributed by atoms with van der Waals surface area (Å²) in [6.45, 7) is 1.30. The Labute approximate surface area is 179 Å². The van der Waals surface area contributed by atoms with Gasteiger partial charge in [-0.05, 0) is 37.3 Å². The molecule has 32 heavy (non-hydrogen) atoms. The third-order valence-corrected chi connectivity index (χ3v) is 5.23. The lowest BCUT2D eigenvalue weighted by atomic mass is 10.1. The number of fused-ring (bicyclic) bond motifs is 1. The molecule has 1 fully saturated rings. The van der Waals surface area contributed by atoms with Crippen LogP contribution < -0.4 is 9.80 Å². The smallest absolute Gasteiger partial charge is 0.387 e. The van der Waals surface area contributed by atoms with Gasteiger partial charge in [0.25, 0.3) is 11.8 Å². The number of aliphatic hydroxyl groups is 2. The summed E-state index contributed by atoms with van der Waals surface area (Å²) in [5.41, 5.74) is -0.612. The zero-order chi connectivity index (χ0) is 23.4. The largest absolute Gasteiger partial charge is 0.416 e. The van der Waals surface area contributed by atoms with E-state index in [0.717, 1.165) is 11.0 Å². The van der Waals surface area contributed by atoms with Crippen LogP contribution in [0.25, 0.3) is 5.65 Å². The Balaban J connectivity index is 1.75. The van der Waals surface area contributed by atoms with Crippen LogP contribution in [0.2, 0.25) is 0 Å². The molecule has 1 aliphatic rings. The Hall–Kier alpha value is -3.51. The van der Waals surface area contributed by atoms with Crippen molar-refractivity contribution in [2.75, 3.05) is 16.8 Å². The molecule has 3 unspecified atom stereocenters. The highest BCUT2D eigenvalue weighted by Gasteiger charge is 2.52. The molecule has 0 saturated carbocycles. The maximum Gasteiger partial charge on any atom is 0.416 e. The molecule has 2 N–H and O–H groups in total. The number of hydrogen-bond donors (Lipinski definition) is 2. The van der Waals surface area contributed by atoms with Crippen molar-refractivity contribution in [3.05, 3.63) is 54.0 Å². The van der Waals surface area contributed by atoms with E-state index >= 15 is 0 Å². The van der Waals surface area contributed by atoms with E-state index in [1.807, 2.05) is 0 Å². The zero-order valence-electron chi connectivity index (χ0n) is 16.9. The first-order valence-electron chi connectivity index (χ1n) is 9.45. The number of pyridine rings is 1. The molecular formula is C20H18F3N5O4. The standard InChI is InChI=1S/C20H18F3N5O4/c1-10-8-11(20(21,22)23)9-14(24-10)28-15(16(29)17(30)19(28)32)18(31)26(2)12-5-7-27-6-3-4-13(27)25-12/h3-9,15-17,29-30H,1-2H3. The maximum absolute atomic E-state index is 13.3. The van der Waals surface area contributed by atoms with Gasteiger partial charge in [0.15, 0.2) is 6.10 Å². The number of carbonyl (C=O) groups excluding carboxylic acids is 2. The summed E-state index contributed by atoms with van der Waals surface area (Å²) in [5, 5.41) is 20.5. The number of halogens is 3. The third kappa shape index (κ3) is 3.56. The van der Waals surface area contributed by atoms with Crippen LogP contribution in [0.1, 0.15) is 11.3 Å². The Morgan fingerprint density at radius 3 is 2.56 bits per heavy atom. The van der Waals surface area contributed by atoms with Crippen LogP contribution in [0.4, 0.5) is 24.8 Å². The highest BCUT2D eigenvalue weighted by Crippen LogP contribution is 2.34. The van der Waals surface area contributed by atoms with Crippen molar-refractivity contribution in [1.29, 1.82) is 0 Å². The van der Waals surface area contributed by atoms with Crippen LogP contribution in [0, 0.1) is 6.92 Å². The monoisotopic (exact) mass is 449 g/mol. The molecule has 12 heteroatoms. The second-order valence-corrected chi connectivity index (χ2v) is 7.40. The number of rotatable bonds is 3. The van der Waals surface area contributed by atoms with Gasteiger partial charge in [-0.15, -0.1) is 0 Å². The molecule has 3 atom stereocenters. The number of nitrogens with zero attached hydrogens (tertiary/aromatic N) is 5. The summed E-state index contributed by atoms with van der Waals surface area (Å²) in [6.07, 6.45) is -5.23. The lowest BCUT2D eigenvalue weighted by molar-refractivity contribution is -0.137. The Bertz CT molecular complexity index is 1210. The fourth-order valence-corrected chi connectivity index (χ4v) is 3.61. The van der Waals surface area contributed by atoms with Crippen LogP contribution in [0.15, 0.2) is 42.7 Å². The highest BCUT2D eigenvalue weighted by molar-refractivity contribution is 6.10. The maximum atomic E-state index is 13.3. The quantitative estimate of drug-likeness (QED) is 0.621. The van der Waals surface area contributed by atoms with Gasteiger partial charge in [-0.25, -0.2) is 9.97 Å². The molecule has 9 nitrogen and oxygen atoms in total. The lowest BCUT2D eigenvalue weighted by Gasteiger charge is -2.28. The summed E-state index contributed by atoms with van der Waals surface area (Å²) in [7, 11) is 1.34. The molecule has 0 radical (unpaired) electrons. The number of aryl methyl sites for hydroxylation is 1. The average molecular weight is 449 g/mol. The molecule has 3 aromatic rings. The second-order valence-electron chi connectivity index (χ2n) is 7.40. The van der Waals surface area contributed by atoms with Gasteiger partial charge >= 0.3 is 6.18 Å². The van der Waals surface area contributed by atoms with Crippen LogP contribution in [-0.4, -0.2) is 61.7 Å². The summed E-state index contributed by atoms with van der Waals surface area (Å²) in [4.78, 5) is 35.7. The van der Waals surface area contributed by atoms with Gasteiger partial charge < -0.3 is 14.6 Å². The molecule has 3 aromatic heterocycles. The first-order chi connectivity index (χ1) is 15.0. The van der Waals surface area contributed by atoms with Gasteiger partial charge in [0.1, 0.15) is 29.4 Å². The minimum atomic E-state index is -4.73. The van der Waals surface area contributed by atoms with E-state index in [1.165, 1.54) is 20.0 Å². The van der Waals surface area contributed by atoms with Crippen molar-refractivity contribution in [2.24, 2.45) is 0 Å². The van der Waals surface area contributed by atoms with E-state index in [2.05, 4.69) is 9.97 Å². The van der Waals surface area contributed by atoms with Crippen molar-refractivity contribution in [1.82, 2.24) is 14.4 Å². The SMILES string of the molecule is Cc1cc(C(F)(F)F)cc(N2C(=O)C(O)C(O)C2C(=O)N(C)c2ccn3cccc3n2)n1. The topological polar surface area (TPSA) is 111 Å². The third-order valence-electron chi connectivity index (χ3n) is 5.23. The molecule has 0 aromatic carbocycles. The number of aliphatic hydroxyl groups excluding tert-OH is 2. The summed E-state index contributed by atoms with van der Waals surface area (Å²) in [6, 6.07) is 4.63. The van der Waals surface area contributed by atoms with Crippen molar-refractivity contribution in [3.8, 4) is 0 Å². The van der Waals surface area contributed by atoms with Gasteiger partial charge in [0.2, 0.25) is 0 Å². The van der Waals surface area contributed by atoms with Crippen LogP contribution in [-0.2, 0) is 15.8 Å². The molecular weight excluding hydrogens is 431 g/mol. The normalized spacial score (nSPS) is 21.4. The second kappa shape index (κ2) is 7.57. The van der Waals surface area contributed by atoms with Crippen molar-refractivity contribution in [2.45, 2.75) is 31.3 Å². The molecule has 1 saturated heterocycles. The van der Waals surface area contributed by atoms with Gasteiger partial charge in [-0.1, -0.05) is 0 Å². The predicted octanol–water partition coefficient (Wildman–Crippen LogP) is 1.16. The van der Waals surface area contributed by atoms with E-state index in [9.17, 15) is 33.0 Å². The fraction of sp³-hybridized carbons (Fsp3) is 0.300. The van der Waals surface area contributed by atoms with Gasteiger partial charge in [-0.2, -0.15) is 13.2 Å². The van der Waals surface area contributed by atoms with Crippen LogP contribution in [0.5, 0.6) is 0 Å². The Morgan fingerprint density at radius 1 is 1.16 bits per heavy atom. The molecule has 4 rings (SSSR count). The number of hydrogen-bond acceptors (Lipinski definition) is 6. The minimum Gasteiger partial charge on any atom is -0.387 e. The zero-order valence-corrected chi connectivity index (χ0v) is 16.9. The Kier molecular flexibility index (Phi) is 5.13. The molecule has 4 heterocycles. The predicted molar refractivity (Wildman–Crippen MR) is 106 cm³/mol. The van der Waals surface area contributed by atoms with Crippen molar-refractivity contribution in [3.63, 3.8) is 0 Å². The number of anilines is 2. The lowest BCUT2D eigenvalue weighted by Crippen LogP contribution is -2.50. The number of amides is 2. The summed E-state index contributed by atoms with van der Waals surface area (Å²) >= 11 is 0.